The number of para-hydroxylation sites is 1. The number of nitrogens with zero attached hydrogens (tertiary/aromatic N) is 1. The Hall–Kier alpha value is -3.00. The van der Waals surface area contributed by atoms with Crippen molar-refractivity contribution in [3.05, 3.63) is 53.6 Å². The van der Waals surface area contributed by atoms with Gasteiger partial charge in [0.2, 0.25) is 5.91 Å². The third-order valence-electron chi connectivity index (χ3n) is 3.33. The van der Waals surface area contributed by atoms with Crippen LogP contribution in [0.15, 0.2) is 42.5 Å². The molecular weight excluding hydrogens is 280 g/mol. The molecule has 0 aromatic heterocycles. The van der Waals surface area contributed by atoms with Crippen molar-refractivity contribution < 1.29 is 15.0 Å². The fraction of sp³-hybridized carbons (Fsp3) is 0.176. The number of phenols is 2. The minimum absolute atomic E-state index is 0.191. The summed E-state index contributed by atoms with van der Waals surface area (Å²) < 4.78 is 0. The van der Waals surface area contributed by atoms with Gasteiger partial charge in [-0.3, -0.25) is 4.79 Å². The van der Waals surface area contributed by atoms with E-state index in [2.05, 4.69) is 5.32 Å². The average Bonchev–Trinajstić information content (AvgIpc) is 2.51. The van der Waals surface area contributed by atoms with Crippen LogP contribution in [0.4, 0.5) is 5.69 Å². The number of amides is 1. The Balaban J connectivity index is 2.06. The maximum Gasteiger partial charge on any atom is 0.227 e. The molecular formula is C17H16N2O3. The van der Waals surface area contributed by atoms with Gasteiger partial charge in [-0.15, -0.1) is 0 Å². The van der Waals surface area contributed by atoms with Crippen molar-refractivity contribution in [2.75, 3.05) is 5.32 Å². The zero-order valence-electron chi connectivity index (χ0n) is 12.1. The maximum absolute atomic E-state index is 12.2. The zero-order valence-corrected chi connectivity index (χ0v) is 12.1. The smallest absolute Gasteiger partial charge is 0.227 e. The van der Waals surface area contributed by atoms with E-state index in [1.165, 1.54) is 12.1 Å². The predicted octanol–water partition coefficient (Wildman–Crippen LogP) is 2.79. The third-order valence-corrected chi connectivity index (χ3v) is 3.33. The van der Waals surface area contributed by atoms with E-state index in [0.29, 0.717) is 17.7 Å². The topological polar surface area (TPSA) is 93.3 Å². The van der Waals surface area contributed by atoms with E-state index in [1.807, 2.05) is 6.07 Å². The summed E-state index contributed by atoms with van der Waals surface area (Å²) in [5.41, 5.74) is 1.63. The van der Waals surface area contributed by atoms with E-state index in [4.69, 9.17) is 5.26 Å². The molecule has 5 nitrogen and oxygen atoms in total. The highest BCUT2D eigenvalue weighted by Gasteiger charge is 2.16. The number of rotatable bonds is 4. The fourth-order valence-electron chi connectivity index (χ4n) is 2.09. The van der Waals surface area contributed by atoms with Crippen molar-refractivity contribution >= 4 is 11.6 Å². The molecule has 1 atom stereocenters. The molecule has 3 N–H and O–H groups in total. The maximum atomic E-state index is 12.2. The van der Waals surface area contributed by atoms with E-state index >= 15 is 0 Å². The lowest BCUT2D eigenvalue weighted by Crippen LogP contribution is -2.22. The second kappa shape index (κ2) is 6.64. The molecule has 0 bridgehead atoms. The molecule has 22 heavy (non-hydrogen) atoms. The molecule has 2 rings (SSSR count). The van der Waals surface area contributed by atoms with Crippen LogP contribution >= 0.6 is 0 Å². The summed E-state index contributed by atoms with van der Waals surface area (Å²) in [5.74, 6) is -0.963. The second-order valence-corrected chi connectivity index (χ2v) is 5.07. The first-order chi connectivity index (χ1) is 10.5. The number of hydrogen-bond acceptors (Lipinski definition) is 4. The monoisotopic (exact) mass is 296 g/mol. The lowest BCUT2D eigenvalue weighted by atomic mass is 9.99. The van der Waals surface area contributed by atoms with Gasteiger partial charge in [0.15, 0.2) is 11.5 Å². The zero-order chi connectivity index (χ0) is 16.1. The number of benzene rings is 2. The van der Waals surface area contributed by atoms with Gasteiger partial charge in [0.1, 0.15) is 6.07 Å². The SMILES string of the molecule is CC(Cc1ccc(O)c(O)c1)C(=O)Nc1ccccc1C#N. The average molecular weight is 296 g/mol. The first kappa shape index (κ1) is 15.4. The van der Waals surface area contributed by atoms with Crippen LogP contribution in [0.1, 0.15) is 18.1 Å². The van der Waals surface area contributed by atoms with Crippen molar-refractivity contribution in [2.45, 2.75) is 13.3 Å². The number of aromatic hydroxyl groups is 2. The summed E-state index contributed by atoms with van der Waals surface area (Å²) in [6.45, 7) is 1.76. The first-order valence-corrected chi connectivity index (χ1v) is 6.82. The standard InChI is InChI=1S/C17H16N2O3/c1-11(8-12-6-7-15(20)16(21)9-12)17(22)19-14-5-3-2-4-13(14)10-18/h2-7,9,11,20-21H,8H2,1H3,(H,19,22). The van der Waals surface area contributed by atoms with Crippen molar-refractivity contribution in [3.63, 3.8) is 0 Å². The molecule has 0 saturated heterocycles. The first-order valence-electron chi connectivity index (χ1n) is 6.82. The van der Waals surface area contributed by atoms with Crippen LogP contribution in [-0.4, -0.2) is 16.1 Å². The highest BCUT2D eigenvalue weighted by Crippen LogP contribution is 2.26. The van der Waals surface area contributed by atoms with Gasteiger partial charge >= 0.3 is 0 Å². The Morgan fingerprint density at radius 3 is 2.64 bits per heavy atom. The van der Waals surface area contributed by atoms with Gasteiger partial charge < -0.3 is 15.5 Å². The molecule has 5 heteroatoms. The van der Waals surface area contributed by atoms with Crippen molar-refractivity contribution in [2.24, 2.45) is 5.92 Å². The van der Waals surface area contributed by atoms with Crippen LogP contribution in [0.25, 0.3) is 0 Å². The van der Waals surface area contributed by atoms with Crippen molar-refractivity contribution in [1.82, 2.24) is 0 Å². The van der Waals surface area contributed by atoms with E-state index in [9.17, 15) is 15.0 Å². The summed E-state index contributed by atoms with van der Waals surface area (Å²) in [6, 6.07) is 13.3. The molecule has 0 saturated carbocycles. The van der Waals surface area contributed by atoms with Crippen LogP contribution in [0, 0.1) is 17.2 Å². The summed E-state index contributed by atoms with van der Waals surface area (Å²) in [4.78, 5) is 12.2. The van der Waals surface area contributed by atoms with Gasteiger partial charge in [0.05, 0.1) is 11.3 Å². The van der Waals surface area contributed by atoms with Crippen molar-refractivity contribution in [3.8, 4) is 17.6 Å². The van der Waals surface area contributed by atoms with E-state index in [-0.39, 0.29) is 23.3 Å². The summed E-state index contributed by atoms with van der Waals surface area (Å²) in [6.07, 6.45) is 0.411. The van der Waals surface area contributed by atoms with E-state index < -0.39 is 0 Å². The predicted molar refractivity (Wildman–Crippen MR) is 82.4 cm³/mol. The Labute approximate surface area is 128 Å². The van der Waals surface area contributed by atoms with Gasteiger partial charge in [-0.2, -0.15) is 5.26 Å². The largest absolute Gasteiger partial charge is 0.504 e. The molecule has 2 aromatic rings. The molecule has 0 fully saturated rings. The minimum Gasteiger partial charge on any atom is -0.504 e. The van der Waals surface area contributed by atoms with E-state index in [0.717, 1.165) is 5.56 Å². The summed E-state index contributed by atoms with van der Waals surface area (Å²) in [7, 11) is 0. The van der Waals surface area contributed by atoms with Gasteiger partial charge in [-0.05, 0) is 36.2 Å². The molecule has 0 aliphatic carbocycles. The van der Waals surface area contributed by atoms with Crippen LogP contribution in [-0.2, 0) is 11.2 Å². The van der Waals surface area contributed by atoms with Crippen LogP contribution in [0.3, 0.4) is 0 Å². The third kappa shape index (κ3) is 3.55. The molecule has 2 aromatic carbocycles. The molecule has 0 spiro atoms. The lowest BCUT2D eigenvalue weighted by molar-refractivity contribution is -0.119. The highest BCUT2D eigenvalue weighted by molar-refractivity contribution is 5.93. The molecule has 1 unspecified atom stereocenters. The molecule has 0 heterocycles. The number of nitriles is 1. The molecule has 0 aliphatic rings. The number of phenolic OH excluding ortho intramolecular Hbond substituents is 2. The number of anilines is 1. The van der Waals surface area contributed by atoms with Crippen molar-refractivity contribution in [1.29, 1.82) is 5.26 Å². The Morgan fingerprint density at radius 2 is 1.95 bits per heavy atom. The van der Waals surface area contributed by atoms with Crippen LogP contribution in [0.5, 0.6) is 11.5 Å². The summed E-state index contributed by atoms with van der Waals surface area (Å²) >= 11 is 0. The van der Waals surface area contributed by atoms with Gasteiger partial charge in [-0.1, -0.05) is 25.1 Å². The van der Waals surface area contributed by atoms with Crippen LogP contribution < -0.4 is 5.32 Å². The number of nitrogens with one attached hydrogen (secondary N) is 1. The Bertz CT molecular complexity index is 735. The van der Waals surface area contributed by atoms with Gasteiger partial charge in [0, 0.05) is 5.92 Å². The molecule has 112 valence electrons. The lowest BCUT2D eigenvalue weighted by Gasteiger charge is -2.13. The molecule has 0 aliphatic heterocycles. The number of carbonyl (C=O) groups excluding carboxylic acids is 1. The van der Waals surface area contributed by atoms with E-state index in [1.54, 1.807) is 37.3 Å². The second-order valence-electron chi connectivity index (χ2n) is 5.07. The highest BCUT2D eigenvalue weighted by atomic mass is 16.3. The molecule has 0 radical (unpaired) electrons. The van der Waals surface area contributed by atoms with Crippen LogP contribution in [0.2, 0.25) is 0 Å². The Kier molecular flexibility index (Phi) is 4.64. The molecule has 1 amide bonds. The minimum atomic E-state index is -0.351. The number of hydrogen-bond donors (Lipinski definition) is 3. The normalized spacial score (nSPS) is 11.5. The van der Waals surface area contributed by atoms with Gasteiger partial charge in [-0.25, -0.2) is 0 Å². The Morgan fingerprint density at radius 1 is 1.23 bits per heavy atom. The fourth-order valence-corrected chi connectivity index (χ4v) is 2.09. The quantitative estimate of drug-likeness (QED) is 0.756. The summed E-state index contributed by atoms with van der Waals surface area (Å²) in [5, 5.41) is 30.5. The number of carbonyl (C=O) groups is 1. The van der Waals surface area contributed by atoms with Gasteiger partial charge in [0.25, 0.3) is 0 Å².